The lowest BCUT2D eigenvalue weighted by Crippen LogP contribution is -2.48. The van der Waals surface area contributed by atoms with Gasteiger partial charge in [-0.3, -0.25) is 28.2 Å². The highest BCUT2D eigenvalue weighted by Crippen LogP contribution is 2.44. The van der Waals surface area contributed by atoms with Crippen molar-refractivity contribution in [2.24, 2.45) is 13.0 Å². The van der Waals surface area contributed by atoms with E-state index in [1.54, 1.807) is 56.5 Å². The molecule has 109 heavy (non-hydrogen) atoms. The van der Waals surface area contributed by atoms with E-state index in [0.29, 0.717) is 115 Å². The van der Waals surface area contributed by atoms with E-state index >= 15 is 0 Å². The number of aromatic nitrogens is 10. The molecule has 27 nitrogen and oxygen atoms in total. The van der Waals surface area contributed by atoms with Gasteiger partial charge >= 0.3 is 0 Å². The topological polar surface area (TPSA) is 308 Å². The Kier molecular flexibility index (Phi) is 17.6. The Hall–Kier alpha value is -12.0. The number of imidazole rings is 2. The molecule has 5 atom stereocenters. The van der Waals surface area contributed by atoms with Gasteiger partial charge in [-0.25, -0.2) is 38.7 Å². The Labute approximate surface area is 623 Å². The summed E-state index contributed by atoms with van der Waals surface area (Å²) < 4.78 is 44.3. The first-order chi connectivity index (χ1) is 53.0. The Morgan fingerprint density at radius 3 is 1.80 bits per heavy atom. The van der Waals surface area contributed by atoms with Crippen LogP contribution < -0.4 is 51.9 Å². The Morgan fingerprint density at radius 1 is 0.596 bits per heavy atom. The molecular formula is C80H78F2N20O7. The molecule has 8 aliphatic rings. The summed E-state index contributed by atoms with van der Waals surface area (Å²) in [5, 5.41) is 43.7. The van der Waals surface area contributed by atoms with Crippen molar-refractivity contribution in [3.8, 4) is 33.8 Å². The minimum Gasteiger partial charge on any atom is -0.391 e. The van der Waals surface area contributed by atoms with Gasteiger partial charge in [0.05, 0.1) is 118 Å². The summed E-state index contributed by atoms with van der Waals surface area (Å²) in [5.74, 6) is 2.52. The normalized spacial score (nSPS) is 19.7. The Balaban J connectivity index is 0.000000115. The van der Waals surface area contributed by atoms with Crippen molar-refractivity contribution >= 4 is 91.8 Å². The van der Waals surface area contributed by atoms with Crippen LogP contribution in [0.1, 0.15) is 79.5 Å². The van der Waals surface area contributed by atoms with E-state index < -0.39 is 11.7 Å². The van der Waals surface area contributed by atoms with Gasteiger partial charge in [0.15, 0.2) is 0 Å². The Bertz CT molecular complexity index is 5590. The van der Waals surface area contributed by atoms with Crippen LogP contribution in [-0.4, -0.2) is 165 Å². The smallest absolute Gasteiger partial charge is 0.254 e. The zero-order valence-electron chi connectivity index (χ0n) is 59.9. The molecule has 0 radical (unpaired) electrons. The number of ether oxygens (including phenoxy) is 2. The molecule has 10 aromatic heterocycles. The van der Waals surface area contributed by atoms with Crippen LogP contribution in [-0.2, 0) is 36.2 Å². The number of halogens is 2. The van der Waals surface area contributed by atoms with Crippen molar-refractivity contribution in [2.75, 3.05) is 89.7 Å². The number of amides is 3. The summed E-state index contributed by atoms with van der Waals surface area (Å²) in [5.41, 5.74) is 15.7. The number of aliphatic hydroxyl groups excluding tert-OH is 1. The molecule has 4 saturated heterocycles. The lowest BCUT2D eigenvalue weighted by Gasteiger charge is -2.36. The van der Waals surface area contributed by atoms with Crippen molar-refractivity contribution < 1.29 is 42.9 Å². The fourth-order valence-corrected chi connectivity index (χ4v) is 16.2. The van der Waals surface area contributed by atoms with Crippen molar-refractivity contribution in [2.45, 2.75) is 82.7 Å². The van der Waals surface area contributed by atoms with Gasteiger partial charge in [-0.1, -0.05) is 12.1 Å². The van der Waals surface area contributed by atoms with Crippen LogP contribution in [0.4, 0.5) is 60.5 Å². The van der Waals surface area contributed by atoms with Crippen LogP contribution in [0.5, 0.6) is 0 Å². The SMILES string of the molecule is C[C@H](O)[C@@H]1CN(c2ccc(Nc3ccc(-c4cnc5cc(F)ccn45)c4c3C(=O)NC4)nc2)CCO1.Cc1cc(Nc2cnc(-c3ccnc4c3ccn4C)c3c2C(=O)NC3)nc(N2CC[C@H]3CNC[C@H]32)c1.O=C1NCc2c(-c3cnc4cc(F)ccn34)ccc(Nc3ccc(N4CCO[C@H](C5(O)CC5)C4)cn3)c21. The number of carbonyl (C=O) groups excluding carboxylic acids is 3. The zero-order chi connectivity index (χ0) is 74.3. The Morgan fingerprint density at radius 2 is 1.19 bits per heavy atom. The molecule has 2 aromatic carbocycles. The summed E-state index contributed by atoms with van der Waals surface area (Å²) in [6.07, 6.45) is 17.6. The second kappa shape index (κ2) is 28.0. The van der Waals surface area contributed by atoms with Gasteiger partial charge in [-0.05, 0) is 129 Å². The predicted molar refractivity (Wildman–Crippen MR) is 408 cm³/mol. The first kappa shape index (κ1) is 68.8. The maximum absolute atomic E-state index is 13.6. The number of hydrogen-bond donors (Lipinski definition) is 9. The predicted octanol–water partition coefficient (Wildman–Crippen LogP) is 9.48. The van der Waals surface area contributed by atoms with Crippen LogP contribution in [0.2, 0.25) is 0 Å². The second-order valence-corrected chi connectivity index (χ2v) is 28.9. The molecule has 554 valence electrons. The lowest BCUT2D eigenvalue weighted by molar-refractivity contribution is -0.0586. The number of aliphatic hydroxyl groups is 2. The molecule has 29 heteroatoms. The molecule has 5 fully saturated rings. The molecule has 0 bridgehead atoms. The van der Waals surface area contributed by atoms with Crippen LogP contribution in [0, 0.1) is 24.5 Å². The number of rotatable bonds is 14. The number of nitrogens with zero attached hydrogens (tertiary/aromatic N) is 13. The van der Waals surface area contributed by atoms with Gasteiger partial charge < -0.3 is 76.2 Å². The number of carbonyl (C=O) groups is 3. The van der Waals surface area contributed by atoms with Crippen LogP contribution in [0.3, 0.4) is 0 Å². The zero-order valence-corrected chi connectivity index (χ0v) is 59.9. The quantitative estimate of drug-likeness (QED) is 0.0489. The minimum absolute atomic E-state index is 0.0956. The second-order valence-electron chi connectivity index (χ2n) is 28.9. The van der Waals surface area contributed by atoms with Crippen molar-refractivity contribution in [1.29, 1.82) is 0 Å². The fraction of sp³-hybridized carbons (Fsp3) is 0.300. The van der Waals surface area contributed by atoms with E-state index in [0.717, 1.165) is 136 Å². The number of fused-ring (bicyclic) bond motifs is 7. The third kappa shape index (κ3) is 13.0. The molecule has 20 rings (SSSR count). The average molecular weight is 1470 g/mol. The molecule has 0 spiro atoms. The maximum Gasteiger partial charge on any atom is 0.254 e. The molecule has 12 aromatic rings. The van der Waals surface area contributed by atoms with Gasteiger partial charge in [-0.2, -0.15) is 0 Å². The van der Waals surface area contributed by atoms with Gasteiger partial charge in [0, 0.05) is 143 Å². The first-order valence-electron chi connectivity index (χ1n) is 36.7. The number of nitrogens with one attached hydrogen (secondary N) is 7. The molecule has 0 unspecified atom stereocenters. The van der Waals surface area contributed by atoms with E-state index in [1.807, 2.05) is 93.3 Å². The van der Waals surface area contributed by atoms with Crippen molar-refractivity contribution in [1.82, 2.24) is 69.5 Å². The van der Waals surface area contributed by atoms with E-state index in [1.165, 1.54) is 30.7 Å². The van der Waals surface area contributed by atoms with Crippen LogP contribution in [0.25, 0.3) is 56.1 Å². The summed E-state index contributed by atoms with van der Waals surface area (Å²) >= 11 is 0. The number of morpholine rings is 2. The number of aryl methyl sites for hydroxylation is 2. The molecule has 1 aliphatic carbocycles. The molecule has 9 N–H and O–H groups in total. The molecule has 3 amide bonds. The molecular weight excluding hydrogens is 1390 g/mol. The first-order valence-corrected chi connectivity index (χ1v) is 36.7. The number of benzene rings is 2. The third-order valence-corrected chi connectivity index (χ3v) is 22.1. The molecule has 17 heterocycles. The van der Waals surface area contributed by atoms with Crippen molar-refractivity contribution in [3.63, 3.8) is 0 Å². The van der Waals surface area contributed by atoms with Gasteiger partial charge in [0.25, 0.3) is 17.7 Å². The number of hydrogen-bond acceptors (Lipinski definition) is 21. The largest absolute Gasteiger partial charge is 0.391 e. The van der Waals surface area contributed by atoms with E-state index in [9.17, 15) is 33.4 Å². The van der Waals surface area contributed by atoms with Gasteiger partial charge in [0.2, 0.25) is 0 Å². The molecule has 1 saturated carbocycles. The number of anilines is 9. The van der Waals surface area contributed by atoms with Gasteiger partial charge in [-0.15, -0.1) is 0 Å². The lowest BCUT2D eigenvalue weighted by atomic mass is 9.99. The van der Waals surface area contributed by atoms with E-state index in [4.69, 9.17) is 19.4 Å². The summed E-state index contributed by atoms with van der Waals surface area (Å²) in [6.45, 7) is 12.0. The van der Waals surface area contributed by atoms with E-state index in [2.05, 4.69) is 89.8 Å². The van der Waals surface area contributed by atoms with Crippen LogP contribution >= 0.6 is 0 Å². The number of pyridine rings is 7. The third-order valence-electron chi connectivity index (χ3n) is 22.1. The van der Waals surface area contributed by atoms with Crippen LogP contribution in [0.15, 0.2) is 153 Å². The molecule has 7 aliphatic heterocycles. The highest BCUT2D eigenvalue weighted by Gasteiger charge is 2.50. The monoisotopic (exact) mass is 1470 g/mol. The van der Waals surface area contributed by atoms with Crippen molar-refractivity contribution in [3.05, 3.63) is 203 Å². The standard InChI is InChI=1S/C27H25FN6O3.C27H28N8O.C26H25FN6O3/c28-16-5-8-34-21(14-30-24(34)11-16)18-2-3-20(25-19(18)13-31-26(25)35)32-23-4-1-17(12-29-23)33-9-10-37-22(15-33)27(36)6-7-27;1-15-9-22(33-23(10-15)35-8-4-16-11-28-14-21(16)35)32-20-13-30-25(19-12-31-27(36)24(19)20)17-3-6-29-26-18(17)5-7-34(26)2;1-15(34)22-14-32(8-9-36-22)17-2-5-23(28-11-17)31-20-4-3-18(19-12-30-26(35)25(19)20)21-13-29-24-10-16(27)6-7-33(21)24/h1-5,8,11-12,14,22,36H,6-7,9-10,13,15H2,(H,29,32)(H,31,35);3,5-7,9-10,13,16,21,28H,4,8,11-12,14H2,1-2H3,(H,31,36)(H,32,33);2-7,10-11,13,15,22,34H,8-9,12,14H2,1H3,(H,28,31)(H,30,35)/t22-;16-,21+;15-,22-/m000/s1. The highest BCUT2D eigenvalue weighted by molar-refractivity contribution is 6.08. The van der Waals surface area contributed by atoms with Gasteiger partial charge in [0.1, 0.15) is 64.1 Å². The fourth-order valence-electron chi connectivity index (χ4n) is 16.2. The summed E-state index contributed by atoms with van der Waals surface area (Å²) in [6, 6.07) is 29.5. The highest BCUT2D eigenvalue weighted by atomic mass is 19.1. The minimum atomic E-state index is -0.680. The van der Waals surface area contributed by atoms with E-state index in [-0.39, 0.29) is 41.6 Å². The average Bonchev–Trinajstić information content (AvgIpc) is 1.62. The summed E-state index contributed by atoms with van der Waals surface area (Å²) in [7, 11) is 1.98. The summed E-state index contributed by atoms with van der Waals surface area (Å²) in [4.78, 5) is 77.4. The maximum atomic E-state index is 13.6.